The summed E-state index contributed by atoms with van der Waals surface area (Å²) in [6.45, 7) is 3.70. The highest BCUT2D eigenvalue weighted by Gasteiger charge is 2.24. The number of aliphatic hydroxyl groups is 1. The predicted octanol–water partition coefficient (Wildman–Crippen LogP) is 4.97. The summed E-state index contributed by atoms with van der Waals surface area (Å²) in [5.74, 6) is 0. The van der Waals surface area contributed by atoms with E-state index >= 15 is 0 Å². The molecule has 0 radical (unpaired) electrons. The molecule has 0 fully saturated rings. The molecule has 0 bridgehead atoms. The van der Waals surface area contributed by atoms with Gasteiger partial charge in [-0.2, -0.15) is 10.2 Å². The highest BCUT2D eigenvalue weighted by Crippen LogP contribution is 2.29. The summed E-state index contributed by atoms with van der Waals surface area (Å²) in [5.41, 5.74) is 2.81. The van der Waals surface area contributed by atoms with E-state index in [2.05, 4.69) is 27.0 Å². The summed E-state index contributed by atoms with van der Waals surface area (Å²) in [5, 5.41) is 23.9. The average molecular weight is 587 g/mol. The average Bonchev–Trinajstić information content (AvgIpc) is 3.65. The van der Waals surface area contributed by atoms with Gasteiger partial charge in [-0.3, -0.25) is 10.2 Å². The normalized spacial score (nSPS) is 11.7. The quantitative estimate of drug-likeness (QED) is 0.239. The fourth-order valence-electron chi connectivity index (χ4n) is 4.44. The van der Waals surface area contributed by atoms with Crippen molar-refractivity contribution in [2.24, 2.45) is 0 Å². The van der Waals surface area contributed by atoms with Crippen LogP contribution in [0.1, 0.15) is 11.1 Å². The molecule has 41 heavy (non-hydrogen) atoms. The van der Waals surface area contributed by atoms with Crippen LogP contribution >= 0.6 is 0 Å². The van der Waals surface area contributed by atoms with Crippen LogP contribution in [-0.4, -0.2) is 48.9 Å². The summed E-state index contributed by atoms with van der Waals surface area (Å²) >= 11 is 0. The van der Waals surface area contributed by atoms with Crippen molar-refractivity contribution in [3.05, 3.63) is 115 Å². The zero-order chi connectivity index (χ0) is 29.0. The van der Waals surface area contributed by atoms with Gasteiger partial charge in [0.2, 0.25) is 19.7 Å². The Balaban J connectivity index is 0.000000165. The van der Waals surface area contributed by atoms with Crippen molar-refractivity contribution in [1.82, 2.24) is 20.4 Å². The number of para-hydroxylation sites is 2. The first kappa shape index (κ1) is 28.0. The Kier molecular flexibility index (Phi) is 7.84. The molecule has 6 aromatic rings. The maximum Gasteiger partial charge on any atom is 0.223 e. The maximum atomic E-state index is 12.7. The SMILES string of the molecule is C=Cc1cccc2c(S(=O)(=O)c3ccccc3)[nH]nc12.O=S(=O)(c1ccccc1)c1[nH]nc2c(CCO)cccc12. The fraction of sp³-hybridized carbons (Fsp3) is 0.0667. The lowest BCUT2D eigenvalue weighted by molar-refractivity contribution is 0.300. The molecule has 0 aliphatic carbocycles. The first-order valence-corrected chi connectivity index (χ1v) is 15.5. The summed E-state index contributed by atoms with van der Waals surface area (Å²) in [6, 6.07) is 27.2. The zero-order valence-electron chi connectivity index (χ0n) is 21.7. The monoisotopic (exact) mass is 586 g/mol. The fourth-order valence-corrected chi connectivity index (χ4v) is 7.18. The number of aromatic nitrogens is 4. The van der Waals surface area contributed by atoms with Gasteiger partial charge in [0.1, 0.15) is 5.52 Å². The van der Waals surface area contributed by atoms with Gasteiger partial charge in [0, 0.05) is 22.9 Å². The number of hydrogen-bond acceptors (Lipinski definition) is 7. The van der Waals surface area contributed by atoms with Crippen molar-refractivity contribution in [2.75, 3.05) is 6.61 Å². The number of fused-ring (bicyclic) bond motifs is 2. The highest BCUT2D eigenvalue weighted by atomic mass is 32.2. The second kappa shape index (κ2) is 11.5. The molecule has 0 saturated carbocycles. The van der Waals surface area contributed by atoms with Crippen molar-refractivity contribution >= 4 is 47.6 Å². The van der Waals surface area contributed by atoms with Crippen molar-refractivity contribution in [2.45, 2.75) is 26.3 Å². The van der Waals surface area contributed by atoms with Crippen LogP contribution in [-0.2, 0) is 26.1 Å². The lowest BCUT2D eigenvalue weighted by atomic mass is 10.1. The van der Waals surface area contributed by atoms with E-state index in [0.29, 0.717) is 28.2 Å². The molecule has 9 nitrogen and oxygen atoms in total. The molecular weight excluding hydrogens is 560 g/mol. The van der Waals surface area contributed by atoms with E-state index in [1.807, 2.05) is 12.1 Å². The third-order valence-electron chi connectivity index (χ3n) is 6.46. The van der Waals surface area contributed by atoms with Crippen molar-refractivity contribution < 1.29 is 21.9 Å². The number of H-pyrrole nitrogens is 2. The lowest BCUT2D eigenvalue weighted by Crippen LogP contribution is -2.02. The van der Waals surface area contributed by atoms with E-state index in [-0.39, 0.29) is 26.4 Å². The number of nitrogens with one attached hydrogen (secondary N) is 2. The van der Waals surface area contributed by atoms with Gasteiger partial charge in [0.05, 0.1) is 15.3 Å². The Morgan fingerprint density at radius 3 is 1.66 bits per heavy atom. The van der Waals surface area contributed by atoms with E-state index in [1.165, 1.54) is 0 Å². The molecule has 0 aliphatic heterocycles. The van der Waals surface area contributed by atoms with Crippen LogP contribution in [0.4, 0.5) is 0 Å². The Morgan fingerprint density at radius 2 is 1.15 bits per heavy atom. The van der Waals surface area contributed by atoms with Crippen LogP contribution in [0.2, 0.25) is 0 Å². The van der Waals surface area contributed by atoms with Gasteiger partial charge in [-0.15, -0.1) is 0 Å². The van der Waals surface area contributed by atoms with Crippen molar-refractivity contribution in [1.29, 1.82) is 0 Å². The van der Waals surface area contributed by atoms with Crippen LogP contribution in [0.5, 0.6) is 0 Å². The number of nitrogens with zero attached hydrogens (tertiary/aromatic N) is 2. The number of benzene rings is 4. The standard InChI is InChI=1S/C15H14N2O3S.C15H12N2O2S/c18-10-9-11-5-4-8-13-14(11)16-17-15(13)21(19,20)12-6-2-1-3-7-12;1-2-11-7-6-10-13-14(11)16-17-15(13)20(18,19)12-8-4-3-5-9-12/h1-8,18H,9-10H2,(H,16,17);2-10H,1H2,(H,16,17). The Morgan fingerprint density at radius 1 is 0.659 bits per heavy atom. The molecule has 4 aromatic carbocycles. The van der Waals surface area contributed by atoms with Gasteiger partial charge >= 0.3 is 0 Å². The van der Waals surface area contributed by atoms with Crippen LogP contribution in [0.3, 0.4) is 0 Å². The molecule has 0 saturated heterocycles. The smallest absolute Gasteiger partial charge is 0.223 e. The molecular formula is C30H26N4O5S2. The van der Waals surface area contributed by atoms with Gasteiger partial charge in [0.15, 0.2) is 10.1 Å². The predicted molar refractivity (Wildman–Crippen MR) is 157 cm³/mol. The van der Waals surface area contributed by atoms with E-state index < -0.39 is 19.7 Å². The van der Waals surface area contributed by atoms with E-state index in [0.717, 1.165) is 11.1 Å². The second-order valence-corrected chi connectivity index (χ2v) is 12.7. The topological polar surface area (TPSA) is 146 Å². The maximum absolute atomic E-state index is 12.7. The van der Waals surface area contributed by atoms with Gasteiger partial charge in [0.25, 0.3) is 0 Å². The number of rotatable bonds is 7. The molecule has 11 heteroatoms. The van der Waals surface area contributed by atoms with Gasteiger partial charge < -0.3 is 5.11 Å². The number of hydrogen-bond donors (Lipinski definition) is 3. The molecule has 0 spiro atoms. The largest absolute Gasteiger partial charge is 0.396 e. The first-order valence-electron chi connectivity index (χ1n) is 12.6. The number of sulfone groups is 2. The van der Waals surface area contributed by atoms with Gasteiger partial charge in [-0.25, -0.2) is 16.8 Å². The third-order valence-corrected chi connectivity index (χ3v) is 9.94. The minimum atomic E-state index is -3.63. The summed E-state index contributed by atoms with van der Waals surface area (Å²) in [7, 11) is -7.23. The number of aromatic amines is 2. The van der Waals surface area contributed by atoms with Gasteiger partial charge in [-0.1, -0.05) is 73.3 Å². The zero-order valence-corrected chi connectivity index (χ0v) is 23.4. The second-order valence-electron chi connectivity index (χ2n) is 8.97. The van der Waals surface area contributed by atoms with Gasteiger partial charge in [-0.05, 0) is 48.4 Å². The van der Waals surface area contributed by atoms with Crippen LogP contribution in [0.15, 0.2) is 123 Å². The molecule has 208 valence electrons. The summed E-state index contributed by atoms with van der Waals surface area (Å²) in [6.07, 6.45) is 2.09. The number of aliphatic hydroxyl groups excluding tert-OH is 1. The Bertz CT molecular complexity index is 2050. The third kappa shape index (κ3) is 5.30. The molecule has 2 heterocycles. The molecule has 2 aromatic heterocycles. The van der Waals surface area contributed by atoms with E-state index in [9.17, 15) is 16.8 Å². The minimum absolute atomic E-state index is 0.00720. The van der Waals surface area contributed by atoms with Crippen LogP contribution in [0, 0.1) is 0 Å². The molecule has 0 aliphatic rings. The molecule has 0 atom stereocenters. The van der Waals surface area contributed by atoms with E-state index in [1.54, 1.807) is 91.0 Å². The van der Waals surface area contributed by atoms with E-state index in [4.69, 9.17) is 5.11 Å². The summed E-state index contributed by atoms with van der Waals surface area (Å²) in [4.78, 5) is 0.470. The van der Waals surface area contributed by atoms with Crippen molar-refractivity contribution in [3.63, 3.8) is 0 Å². The Hall–Kier alpha value is -4.58. The highest BCUT2D eigenvalue weighted by molar-refractivity contribution is 7.92. The van der Waals surface area contributed by atoms with Crippen LogP contribution in [0.25, 0.3) is 27.9 Å². The molecule has 0 amide bonds. The lowest BCUT2D eigenvalue weighted by Gasteiger charge is -2.03. The Labute approximate surface area is 237 Å². The van der Waals surface area contributed by atoms with Crippen molar-refractivity contribution in [3.8, 4) is 0 Å². The molecule has 6 rings (SSSR count). The van der Waals surface area contributed by atoms with Crippen LogP contribution < -0.4 is 0 Å². The molecule has 0 unspecified atom stereocenters. The minimum Gasteiger partial charge on any atom is -0.396 e. The first-order chi connectivity index (χ1) is 19.8. The molecule has 3 N–H and O–H groups in total. The summed E-state index contributed by atoms with van der Waals surface area (Å²) < 4.78 is 50.5.